The SMILES string of the molecule is CC1CC1CN(C)C(=O)c1cccc(F)c1F. The minimum atomic E-state index is -1.06. The zero-order valence-electron chi connectivity index (χ0n) is 9.91. The summed E-state index contributed by atoms with van der Waals surface area (Å²) in [5, 5.41) is 0. The predicted octanol–water partition coefficient (Wildman–Crippen LogP) is 2.69. The van der Waals surface area contributed by atoms with Crippen LogP contribution in [0.1, 0.15) is 23.7 Å². The molecular formula is C13H15F2NO. The number of carbonyl (C=O) groups is 1. The van der Waals surface area contributed by atoms with Crippen LogP contribution in [0.5, 0.6) is 0 Å². The minimum absolute atomic E-state index is 0.194. The Bertz CT molecular complexity index is 447. The van der Waals surface area contributed by atoms with Gasteiger partial charge in [-0.25, -0.2) is 8.78 Å². The molecule has 2 rings (SSSR count). The molecule has 1 aliphatic rings. The van der Waals surface area contributed by atoms with E-state index in [1.165, 1.54) is 17.0 Å². The minimum Gasteiger partial charge on any atom is -0.341 e. The van der Waals surface area contributed by atoms with Gasteiger partial charge in [0.2, 0.25) is 0 Å². The molecule has 1 aromatic carbocycles. The number of rotatable bonds is 3. The molecule has 0 spiro atoms. The molecule has 17 heavy (non-hydrogen) atoms. The summed E-state index contributed by atoms with van der Waals surface area (Å²) in [4.78, 5) is 13.4. The molecule has 0 bridgehead atoms. The summed E-state index contributed by atoms with van der Waals surface area (Å²) in [6.07, 6.45) is 1.10. The Balaban J connectivity index is 2.10. The van der Waals surface area contributed by atoms with Crippen LogP contribution in [0.15, 0.2) is 18.2 Å². The average Bonchev–Trinajstić information content (AvgIpc) is 2.97. The van der Waals surface area contributed by atoms with Gasteiger partial charge in [0.1, 0.15) is 0 Å². The summed E-state index contributed by atoms with van der Waals surface area (Å²) in [5.41, 5.74) is -0.194. The van der Waals surface area contributed by atoms with Crippen molar-refractivity contribution in [2.24, 2.45) is 11.8 Å². The number of hydrogen-bond acceptors (Lipinski definition) is 1. The van der Waals surface area contributed by atoms with E-state index in [0.717, 1.165) is 12.5 Å². The second kappa shape index (κ2) is 4.43. The fourth-order valence-electron chi connectivity index (χ4n) is 1.96. The normalized spacial score (nSPS) is 22.4. The summed E-state index contributed by atoms with van der Waals surface area (Å²) in [7, 11) is 1.62. The van der Waals surface area contributed by atoms with E-state index in [1.807, 2.05) is 0 Å². The van der Waals surface area contributed by atoms with Crippen LogP contribution in [0.2, 0.25) is 0 Å². The smallest absolute Gasteiger partial charge is 0.256 e. The van der Waals surface area contributed by atoms with Crippen molar-refractivity contribution < 1.29 is 13.6 Å². The third kappa shape index (κ3) is 2.46. The van der Waals surface area contributed by atoms with Crippen molar-refractivity contribution >= 4 is 5.91 Å². The van der Waals surface area contributed by atoms with Gasteiger partial charge in [0.25, 0.3) is 5.91 Å². The number of benzene rings is 1. The maximum absolute atomic E-state index is 13.4. The first-order valence-corrected chi connectivity index (χ1v) is 5.70. The van der Waals surface area contributed by atoms with E-state index in [4.69, 9.17) is 0 Å². The lowest BCUT2D eigenvalue weighted by molar-refractivity contribution is 0.0781. The van der Waals surface area contributed by atoms with Crippen molar-refractivity contribution in [3.63, 3.8) is 0 Å². The van der Waals surface area contributed by atoms with Crippen LogP contribution < -0.4 is 0 Å². The second-order valence-electron chi connectivity index (χ2n) is 4.76. The van der Waals surface area contributed by atoms with Crippen molar-refractivity contribution in [3.05, 3.63) is 35.4 Å². The third-order valence-corrected chi connectivity index (χ3v) is 3.31. The Morgan fingerprint density at radius 1 is 1.47 bits per heavy atom. The van der Waals surface area contributed by atoms with Crippen LogP contribution in [-0.4, -0.2) is 24.4 Å². The summed E-state index contributed by atoms with van der Waals surface area (Å²) in [5.74, 6) is -1.37. The Labute approximate surface area is 99.2 Å². The Morgan fingerprint density at radius 2 is 2.12 bits per heavy atom. The summed E-state index contributed by atoms with van der Waals surface area (Å²) >= 11 is 0. The Morgan fingerprint density at radius 3 is 2.71 bits per heavy atom. The summed E-state index contributed by atoms with van der Waals surface area (Å²) < 4.78 is 26.4. The van der Waals surface area contributed by atoms with Gasteiger partial charge in [-0.1, -0.05) is 13.0 Å². The van der Waals surface area contributed by atoms with Gasteiger partial charge in [-0.3, -0.25) is 4.79 Å². The van der Waals surface area contributed by atoms with Crippen molar-refractivity contribution in [1.29, 1.82) is 0 Å². The van der Waals surface area contributed by atoms with Crippen molar-refractivity contribution in [2.75, 3.05) is 13.6 Å². The fraction of sp³-hybridized carbons (Fsp3) is 0.462. The van der Waals surface area contributed by atoms with Gasteiger partial charge in [0.15, 0.2) is 11.6 Å². The van der Waals surface area contributed by atoms with Crippen LogP contribution in [-0.2, 0) is 0 Å². The molecule has 1 saturated carbocycles. The van der Waals surface area contributed by atoms with Crippen LogP contribution in [0, 0.1) is 23.5 Å². The maximum atomic E-state index is 13.4. The van der Waals surface area contributed by atoms with Gasteiger partial charge in [-0.05, 0) is 30.4 Å². The van der Waals surface area contributed by atoms with Gasteiger partial charge >= 0.3 is 0 Å². The third-order valence-electron chi connectivity index (χ3n) is 3.31. The largest absolute Gasteiger partial charge is 0.341 e. The highest BCUT2D eigenvalue weighted by molar-refractivity contribution is 5.94. The Hall–Kier alpha value is -1.45. The van der Waals surface area contributed by atoms with E-state index >= 15 is 0 Å². The number of halogens is 2. The highest BCUT2D eigenvalue weighted by atomic mass is 19.2. The van der Waals surface area contributed by atoms with Gasteiger partial charge in [-0.2, -0.15) is 0 Å². The van der Waals surface area contributed by atoms with E-state index in [-0.39, 0.29) is 5.56 Å². The molecule has 0 saturated heterocycles. The number of amides is 1. The highest BCUT2D eigenvalue weighted by Crippen LogP contribution is 2.38. The van der Waals surface area contributed by atoms with Crippen LogP contribution in [0.4, 0.5) is 8.78 Å². The Kier molecular flexibility index (Phi) is 3.13. The molecule has 1 aliphatic carbocycles. The zero-order chi connectivity index (χ0) is 12.6. The molecule has 2 nitrogen and oxygen atoms in total. The number of hydrogen-bond donors (Lipinski definition) is 0. The average molecular weight is 239 g/mol. The molecule has 92 valence electrons. The fourth-order valence-corrected chi connectivity index (χ4v) is 1.96. The molecule has 0 radical (unpaired) electrons. The molecule has 1 aromatic rings. The van der Waals surface area contributed by atoms with Gasteiger partial charge < -0.3 is 4.90 Å². The predicted molar refractivity (Wildman–Crippen MR) is 60.6 cm³/mol. The first kappa shape index (κ1) is 12.0. The summed E-state index contributed by atoms with van der Waals surface area (Å²) in [6, 6.07) is 3.67. The molecule has 1 amide bonds. The monoisotopic (exact) mass is 239 g/mol. The molecule has 2 atom stereocenters. The number of carbonyl (C=O) groups excluding carboxylic acids is 1. The van der Waals surface area contributed by atoms with Crippen molar-refractivity contribution in [1.82, 2.24) is 4.90 Å². The van der Waals surface area contributed by atoms with Gasteiger partial charge in [0, 0.05) is 13.6 Å². The molecule has 1 fully saturated rings. The van der Waals surface area contributed by atoms with Crippen molar-refractivity contribution in [2.45, 2.75) is 13.3 Å². The standard InChI is InChI=1S/C13H15F2NO/c1-8-6-9(8)7-16(2)13(17)10-4-3-5-11(14)12(10)15/h3-5,8-9H,6-7H2,1-2H3. The molecular weight excluding hydrogens is 224 g/mol. The molecule has 0 heterocycles. The van der Waals surface area contributed by atoms with Gasteiger partial charge in [-0.15, -0.1) is 0 Å². The topological polar surface area (TPSA) is 20.3 Å². The summed E-state index contributed by atoms with van der Waals surface area (Å²) in [6.45, 7) is 2.72. The van der Waals surface area contributed by atoms with Crippen LogP contribution in [0.25, 0.3) is 0 Å². The van der Waals surface area contributed by atoms with Crippen LogP contribution >= 0.6 is 0 Å². The second-order valence-corrected chi connectivity index (χ2v) is 4.76. The quantitative estimate of drug-likeness (QED) is 0.794. The lowest BCUT2D eigenvalue weighted by Crippen LogP contribution is -2.30. The van der Waals surface area contributed by atoms with E-state index < -0.39 is 17.5 Å². The van der Waals surface area contributed by atoms with Crippen LogP contribution in [0.3, 0.4) is 0 Å². The zero-order valence-corrected chi connectivity index (χ0v) is 9.91. The molecule has 2 unspecified atom stereocenters. The first-order chi connectivity index (χ1) is 8.00. The maximum Gasteiger partial charge on any atom is 0.256 e. The molecule has 0 aromatic heterocycles. The van der Waals surface area contributed by atoms with E-state index in [1.54, 1.807) is 7.05 Å². The number of nitrogens with zero attached hydrogens (tertiary/aromatic N) is 1. The molecule has 4 heteroatoms. The lowest BCUT2D eigenvalue weighted by Gasteiger charge is -2.17. The lowest BCUT2D eigenvalue weighted by atomic mass is 10.1. The molecule has 0 N–H and O–H groups in total. The van der Waals surface area contributed by atoms with E-state index in [0.29, 0.717) is 18.4 Å². The highest BCUT2D eigenvalue weighted by Gasteiger charge is 2.34. The molecule has 0 aliphatic heterocycles. The first-order valence-electron chi connectivity index (χ1n) is 5.70. The van der Waals surface area contributed by atoms with Crippen molar-refractivity contribution in [3.8, 4) is 0 Å². The van der Waals surface area contributed by atoms with E-state index in [2.05, 4.69) is 6.92 Å². The van der Waals surface area contributed by atoms with Gasteiger partial charge in [0.05, 0.1) is 5.56 Å². The van der Waals surface area contributed by atoms with E-state index in [9.17, 15) is 13.6 Å².